The van der Waals surface area contributed by atoms with Crippen molar-refractivity contribution in [3.63, 3.8) is 0 Å². The third-order valence-electron chi connectivity index (χ3n) is 3.04. The first-order valence-electron chi connectivity index (χ1n) is 5.60. The molecule has 0 spiro atoms. The van der Waals surface area contributed by atoms with Gasteiger partial charge in [-0.1, -0.05) is 34.4 Å². The van der Waals surface area contributed by atoms with Crippen LogP contribution in [-0.4, -0.2) is 24.0 Å². The second-order valence-electron chi connectivity index (χ2n) is 4.13. The number of oxime groups is 1. The van der Waals surface area contributed by atoms with Gasteiger partial charge >= 0.3 is 0 Å². The van der Waals surface area contributed by atoms with E-state index in [0.29, 0.717) is 15.8 Å². The highest BCUT2D eigenvalue weighted by atomic mass is 35.5. The average Bonchev–Trinajstić information content (AvgIpc) is 2.34. The summed E-state index contributed by atoms with van der Waals surface area (Å²) in [7, 11) is 0. The molecule has 100 valence electrons. The molecule has 0 atom stereocenters. The van der Waals surface area contributed by atoms with Crippen LogP contribution in [-0.2, 0) is 0 Å². The Kier molecular flexibility index (Phi) is 6.22. The summed E-state index contributed by atoms with van der Waals surface area (Å²) in [5, 5.41) is 17.0. The Labute approximate surface area is 123 Å². The van der Waals surface area contributed by atoms with E-state index in [0.717, 1.165) is 31.5 Å². The SMILES string of the molecule is Cl.ON=C(c1ccc(Cl)cc1Cl)C1CCNCC1. The lowest BCUT2D eigenvalue weighted by Gasteiger charge is -2.23. The van der Waals surface area contributed by atoms with Crippen molar-refractivity contribution in [2.75, 3.05) is 13.1 Å². The Morgan fingerprint density at radius 3 is 2.50 bits per heavy atom. The number of hydrogen-bond acceptors (Lipinski definition) is 3. The van der Waals surface area contributed by atoms with Gasteiger partial charge in [0.05, 0.1) is 10.7 Å². The van der Waals surface area contributed by atoms with E-state index in [-0.39, 0.29) is 18.3 Å². The summed E-state index contributed by atoms with van der Waals surface area (Å²) in [6.45, 7) is 1.88. The second-order valence-corrected chi connectivity index (χ2v) is 4.98. The van der Waals surface area contributed by atoms with E-state index in [9.17, 15) is 5.21 Å². The molecule has 6 heteroatoms. The van der Waals surface area contributed by atoms with Crippen molar-refractivity contribution >= 4 is 41.3 Å². The summed E-state index contributed by atoms with van der Waals surface area (Å²) in [5.74, 6) is 0.250. The molecule has 0 radical (unpaired) electrons. The van der Waals surface area contributed by atoms with E-state index in [2.05, 4.69) is 10.5 Å². The van der Waals surface area contributed by atoms with E-state index in [4.69, 9.17) is 23.2 Å². The number of nitrogens with one attached hydrogen (secondary N) is 1. The van der Waals surface area contributed by atoms with Crippen molar-refractivity contribution in [1.82, 2.24) is 5.32 Å². The molecular formula is C12H15Cl3N2O. The first-order chi connectivity index (χ1) is 8.22. The van der Waals surface area contributed by atoms with E-state index in [1.54, 1.807) is 12.1 Å². The molecule has 0 aliphatic carbocycles. The van der Waals surface area contributed by atoms with Gasteiger partial charge in [0, 0.05) is 16.5 Å². The van der Waals surface area contributed by atoms with Gasteiger partial charge in [-0.05, 0) is 38.1 Å². The van der Waals surface area contributed by atoms with Crippen molar-refractivity contribution in [2.45, 2.75) is 12.8 Å². The molecule has 1 heterocycles. The smallest absolute Gasteiger partial charge is 0.0914 e. The van der Waals surface area contributed by atoms with Crippen molar-refractivity contribution < 1.29 is 5.21 Å². The second kappa shape index (κ2) is 7.19. The fraction of sp³-hybridized carbons (Fsp3) is 0.417. The van der Waals surface area contributed by atoms with Crippen LogP contribution in [0.2, 0.25) is 10.0 Å². The largest absolute Gasteiger partial charge is 0.411 e. The van der Waals surface area contributed by atoms with Gasteiger partial charge in [-0.15, -0.1) is 12.4 Å². The van der Waals surface area contributed by atoms with Gasteiger partial charge in [-0.3, -0.25) is 0 Å². The van der Waals surface area contributed by atoms with Gasteiger partial charge in [0.25, 0.3) is 0 Å². The third kappa shape index (κ3) is 3.51. The Hall–Kier alpha value is -0.480. The molecule has 0 saturated carbocycles. The molecule has 1 aromatic carbocycles. The van der Waals surface area contributed by atoms with E-state index < -0.39 is 0 Å². The first kappa shape index (κ1) is 15.6. The highest BCUT2D eigenvalue weighted by Crippen LogP contribution is 2.26. The minimum Gasteiger partial charge on any atom is -0.411 e. The quantitative estimate of drug-likeness (QED) is 0.498. The number of rotatable bonds is 2. The minimum absolute atomic E-state index is 0. The molecule has 0 bridgehead atoms. The summed E-state index contributed by atoms with van der Waals surface area (Å²) in [4.78, 5) is 0. The molecule has 0 unspecified atom stereocenters. The zero-order chi connectivity index (χ0) is 12.3. The predicted molar refractivity (Wildman–Crippen MR) is 77.6 cm³/mol. The monoisotopic (exact) mass is 308 g/mol. The van der Waals surface area contributed by atoms with Crippen LogP contribution in [0, 0.1) is 5.92 Å². The maximum atomic E-state index is 9.20. The molecule has 2 rings (SSSR count). The molecule has 1 fully saturated rings. The summed E-state index contributed by atoms with van der Waals surface area (Å²) in [5.41, 5.74) is 1.43. The topological polar surface area (TPSA) is 44.6 Å². The zero-order valence-electron chi connectivity index (χ0n) is 9.70. The highest BCUT2D eigenvalue weighted by molar-refractivity contribution is 6.37. The molecule has 1 aliphatic heterocycles. The lowest BCUT2D eigenvalue weighted by Crippen LogP contribution is -2.32. The van der Waals surface area contributed by atoms with Crippen LogP contribution in [0.25, 0.3) is 0 Å². The number of halogens is 3. The normalized spacial score (nSPS) is 17.3. The summed E-state index contributed by atoms with van der Waals surface area (Å²) in [6, 6.07) is 5.24. The van der Waals surface area contributed by atoms with Crippen LogP contribution in [0.3, 0.4) is 0 Å². The number of nitrogens with zero attached hydrogens (tertiary/aromatic N) is 1. The maximum Gasteiger partial charge on any atom is 0.0914 e. The Morgan fingerprint density at radius 2 is 1.94 bits per heavy atom. The van der Waals surface area contributed by atoms with Crippen LogP contribution in [0.15, 0.2) is 23.4 Å². The maximum absolute atomic E-state index is 9.20. The lowest BCUT2D eigenvalue weighted by molar-refractivity contribution is 0.311. The predicted octanol–water partition coefficient (Wildman–Crippen LogP) is 3.59. The third-order valence-corrected chi connectivity index (χ3v) is 3.59. The molecule has 1 aromatic rings. The van der Waals surface area contributed by atoms with Crippen LogP contribution in [0.4, 0.5) is 0 Å². The van der Waals surface area contributed by atoms with Gasteiger partial charge in [0.2, 0.25) is 0 Å². The van der Waals surface area contributed by atoms with Gasteiger partial charge in [0.15, 0.2) is 0 Å². The Bertz CT molecular complexity index is 431. The fourth-order valence-electron chi connectivity index (χ4n) is 2.15. The van der Waals surface area contributed by atoms with Crippen molar-refractivity contribution in [3.05, 3.63) is 33.8 Å². The van der Waals surface area contributed by atoms with Crippen LogP contribution in [0.1, 0.15) is 18.4 Å². The Balaban J connectivity index is 0.00000162. The van der Waals surface area contributed by atoms with Crippen LogP contribution >= 0.6 is 35.6 Å². The van der Waals surface area contributed by atoms with Gasteiger partial charge in [-0.25, -0.2) is 0 Å². The van der Waals surface area contributed by atoms with Crippen molar-refractivity contribution in [1.29, 1.82) is 0 Å². The average molecular weight is 310 g/mol. The molecule has 18 heavy (non-hydrogen) atoms. The summed E-state index contributed by atoms with van der Waals surface area (Å²) in [6.07, 6.45) is 1.91. The van der Waals surface area contributed by atoms with Gasteiger partial charge < -0.3 is 10.5 Å². The molecule has 1 aliphatic rings. The molecular weight excluding hydrogens is 295 g/mol. The summed E-state index contributed by atoms with van der Waals surface area (Å²) < 4.78 is 0. The van der Waals surface area contributed by atoms with Crippen molar-refractivity contribution in [3.8, 4) is 0 Å². The van der Waals surface area contributed by atoms with Gasteiger partial charge in [0.1, 0.15) is 0 Å². The van der Waals surface area contributed by atoms with E-state index in [1.807, 2.05) is 6.07 Å². The molecule has 3 nitrogen and oxygen atoms in total. The van der Waals surface area contributed by atoms with Gasteiger partial charge in [-0.2, -0.15) is 0 Å². The van der Waals surface area contributed by atoms with Crippen LogP contribution in [0.5, 0.6) is 0 Å². The number of benzene rings is 1. The first-order valence-corrected chi connectivity index (χ1v) is 6.36. The molecule has 0 aromatic heterocycles. The number of hydrogen-bond donors (Lipinski definition) is 2. The Morgan fingerprint density at radius 1 is 1.28 bits per heavy atom. The van der Waals surface area contributed by atoms with E-state index in [1.165, 1.54) is 0 Å². The standard InChI is InChI=1S/C12H14Cl2N2O.ClH/c13-9-1-2-10(11(14)7-9)12(16-17)8-3-5-15-6-4-8;/h1-2,7-8,15,17H,3-6H2;1H. The van der Waals surface area contributed by atoms with Crippen molar-refractivity contribution in [2.24, 2.45) is 11.1 Å². The molecule has 2 N–H and O–H groups in total. The highest BCUT2D eigenvalue weighted by Gasteiger charge is 2.22. The molecule has 1 saturated heterocycles. The minimum atomic E-state index is 0. The number of piperidine rings is 1. The van der Waals surface area contributed by atoms with Crippen LogP contribution < -0.4 is 5.32 Å². The fourth-order valence-corrected chi connectivity index (χ4v) is 2.65. The van der Waals surface area contributed by atoms with E-state index >= 15 is 0 Å². The lowest BCUT2D eigenvalue weighted by atomic mass is 9.89. The molecule has 0 amide bonds. The zero-order valence-corrected chi connectivity index (χ0v) is 12.0. The summed E-state index contributed by atoms with van der Waals surface area (Å²) >= 11 is 12.0.